The van der Waals surface area contributed by atoms with E-state index in [2.05, 4.69) is 0 Å². The van der Waals surface area contributed by atoms with Crippen LogP contribution < -0.4 is 9.47 Å². The molecule has 1 amide bonds. The summed E-state index contributed by atoms with van der Waals surface area (Å²) in [6, 6.07) is 13.2. The van der Waals surface area contributed by atoms with Crippen LogP contribution in [0.25, 0.3) is 11.0 Å². The average molecular weight is 450 g/mol. The van der Waals surface area contributed by atoms with E-state index in [9.17, 15) is 14.7 Å². The number of rotatable bonds is 8. The zero-order valence-electron chi connectivity index (χ0n) is 19.0. The number of methoxy groups -OCH3 is 2. The van der Waals surface area contributed by atoms with Crippen molar-refractivity contribution in [3.8, 4) is 11.5 Å². The molecule has 33 heavy (non-hydrogen) atoms. The third kappa shape index (κ3) is 3.93. The fourth-order valence-corrected chi connectivity index (χ4v) is 4.10. The molecule has 2 heterocycles. The van der Waals surface area contributed by atoms with E-state index in [-0.39, 0.29) is 17.9 Å². The molecular formula is C25H26N2O6. The van der Waals surface area contributed by atoms with Gasteiger partial charge in [0.15, 0.2) is 23.0 Å². The quantitative estimate of drug-likeness (QED) is 0.524. The Balaban J connectivity index is 1.86. The SMILES string of the molecule is COc1cccc(C2C(C(=O)c3cc4ccccc4o3)=C(O)C(=O)N2CCN(C)C)c1OC. The molecular weight excluding hydrogens is 424 g/mol. The van der Waals surface area contributed by atoms with Gasteiger partial charge >= 0.3 is 0 Å². The van der Waals surface area contributed by atoms with Gasteiger partial charge in [-0.15, -0.1) is 0 Å². The van der Waals surface area contributed by atoms with E-state index in [1.54, 1.807) is 30.3 Å². The Bertz CT molecular complexity index is 1210. The predicted octanol–water partition coefficient (Wildman–Crippen LogP) is 3.59. The highest BCUT2D eigenvalue weighted by Crippen LogP contribution is 2.45. The number of aliphatic hydroxyl groups is 1. The van der Waals surface area contributed by atoms with Crippen LogP contribution in [0.3, 0.4) is 0 Å². The first-order valence-electron chi connectivity index (χ1n) is 10.5. The number of ether oxygens (including phenoxy) is 2. The molecule has 3 aromatic rings. The molecule has 1 unspecified atom stereocenters. The van der Waals surface area contributed by atoms with Gasteiger partial charge in [0.1, 0.15) is 5.58 Å². The van der Waals surface area contributed by atoms with Crippen molar-refractivity contribution >= 4 is 22.7 Å². The summed E-state index contributed by atoms with van der Waals surface area (Å²) in [6.45, 7) is 0.825. The van der Waals surface area contributed by atoms with Gasteiger partial charge in [0.2, 0.25) is 5.78 Å². The van der Waals surface area contributed by atoms with Crippen LogP contribution in [-0.4, -0.2) is 68.0 Å². The van der Waals surface area contributed by atoms with Crippen molar-refractivity contribution < 1.29 is 28.6 Å². The summed E-state index contributed by atoms with van der Waals surface area (Å²) in [5, 5.41) is 11.6. The number of nitrogens with zero attached hydrogens (tertiary/aromatic N) is 2. The Morgan fingerprint density at radius 2 is 1.88 bits per heavy atom. The van der Waals surface area contributed by atoms with Gasteiger partial charge in [-0.1, -0.05) is 30.3 Å². The minimum Gasteiger partial charge on any atom is -0.503 e. The minimum atomic E-state index is -0.872. The molecule has 0 aliphatic carbocycles. The van der Waals surface area contributed by atoms with Gasteiger partial charge in [-0.25, -0.2) is 0 Å². The summed E-state index contributed by atoms with van der Waals surface area (Å²) < 4.78 is 16.8. The number of aliphatic hydroxyl groups excluding tert-OH is 1. The number of likely N-dealkylation sites (N-methyl/N-ethyl adjacent to an activating group) is 1. The Hall–Kier alpha value is -3.78. The van der Waals surface area contributed by atoms with Crippen LogP contribution in [0.2, 0.25) is 0 Å². The normalized spacial score (nSPS) is 16.2. The number of benzene rings is 2. The van der Waals surface area contributed by atoms with Gasteiger partial charge in [0.05, 0.1) is 25.8 Å². The Morgan fingerprint density at radius 1 is 1.12 bits per heavy atom. The molecule has 0 fully saturated rings. The summed E-state index contributed by atoms with van der Waals surface area (Å²) >= 11 is 0. The van der Waals surface area contributed by atoms with Crippen LogP contribution >= 0.6 is 0 Å². The number of ketones is 1. The molecule has 0 saturated carbocycles. The highest BCUT2D eigenvalue weighted by molar-refractivity contribution is 6.16. The molecule has 0 radical (unpaired) electrons. The van der Waals surface area contributed by atoms with E-state index in [0.29, 0.717) is 29.2 Å². The van der Waals surface area contributed by atoms with E-state index >= 15 is 0 Å². The maximum atomic E-state index is 13.6. The molecule has 1 aliphatic rings. The third-order valence-electron chi connectivity index (χ3n) is 5.71. The van der Waals surface area contributed by atoms with E-state index in [0.717, 1.165) is 5.39 Å². The fourth-order valence-electron chi connectivity index (χ4n) is 4.10. The Labute approximate surface area is 191 Å². The lowest BCUT2D eigenvalue weighted by Crippen LogP contribution is -2.36. The van der Waals surface area contributed by atoms with Crippen molar-refractivity contribution in [1.82, 2.24) is 9.80 Å². The molecule has 1 aliphatic heterocycles. The smallest absolute Gasteiger partial charge is 0.290 e. The average Bonchev–Trinajstić information content (AvgIpc) is 3.36. The lowest BCUT2D eigenvalue weighted by molar-refractivity contribution is -0.129. The van der Waals surface area contributed by atoms with Crippen molar-refractivity contribution in [2.24, 2.45) is 0 Å². The molecule has 8 nitrogen and oxygen atoms in total. The predicted molar refractivity (Wildman–Crippen MR) is 123 cm³/mol. The molecule has 1 N–H and O–H groups in total. The summed E-state index contributed by atoms with van der Waals surface area (Å²) in [5.74, 6) is -0.874. The molecule has 0 spiro atoms. The first-order valence-corrected chi connectivity index (χ1v) is 10.5. The number of hydrogen-bond donors (Lipinski definition) is 1. The third-order valence-corrected chi connectivity index (χ3v) is 5.71. The molecule has 0 saturated heterocycles. The molecule has 0 bridgehead atoms. The second-order valence-electron chi connectivity index (χ2n) is 8.03. The number of hydrogen-bond acceptors (Lipinski definition) is 7. The summed E-state index contributed by atoms with van der Waals surface area (Å²) in [7, 11) is 6.77. The second kappa shape index (κ2) is 8.99. The second-order valence-corrected chi connectivity index (χ2v) is 8.03. The van der Waals surface area contributed by atoms with Gasteiger partial charge in [0, 0.05) is 24.0 Å². The van der Waals surface area contributed by atoms with Crippen molar-refractivity contribution in [3.63, 3.8) is 0 Å². The van der Waals surface area contributed by atoms with Gasteiger partial charge in [-0.3, -0.25) is 9.59 Å². The van der Waals surface area contributed by atoms with E-state index < -0.39 is 23.5 Å². The van der Waals surface area contributed by atoms with Crippen LogP contribution in [0.15, 0.2) is 64.3 Å². The summed E-state index contributed by atoms with van der Waals surface area (Å²) in [5.41, 5.74) is 1.03. The lowest BCUT2D eigenvalue weighted by atomic mass is 9.94. The number of carbonyl (C=O) groups excluding carboxylic acids is 2. The van der Waals surface area contributed by atoms with Crippen molar-refractivity contribution in [2.75, 3.05) is 41.4 Å². The highest BCUT2D eigenvalue weighted by atomic mass is 16.5. The van der Waals surface area contributed by atoms with Crippen LogP contribution in [0.5, 0.6) is 11.5 Å². The standard InChI is InChI=1S/C25H26N2O6/c1-26(2)12-13-27-21(16-9-7-11-18(31-3)24(16)32-4)20(23(29)25(27)30)22(28)19-14-15-8-5-6-10-17(15)33-19/h5-11,14,21,29H,12-13H2,1-4H3. The minimum absolute atomic E-state index is 0.0480. The molecule has 1 atom stereocenters. The molecule has 172 valence electrons. The summed E-state index contributed by atoms with van der Waals surface area (Å²) in [4.78, 5) is 30.1. The number of amides is 1. The first kappa shape index (κ1) is 22.4. The topological polar surface area (TPSA) is 92.5 Å². The van der Waals surface area contributed by atoms with E-state index in [1.165, 1.54) is 19.1 Å². The monoisotopic (exact) mass is 450 g/mol. The van der Waals surface area contributed by atoms with Crippen molar-refractivity contribution in [1.29, 1.82) is 0 Å². The summed E-state index contributed by atoms with van der Waals surface area (Å²) in [6.07, 6.45) is 0. The zero-order valence-corrected chi connectivity index (χ0v) is 19.0. The number of fused-ring (bicyclic) bond motifs is 1. The van der Waals surface area contributed by atoms with Gasteiger partial charge < -0.3 is 28.8 Å². The number of furan rings is 1. The van der Waals surface area contributed by atoms with Crippen LogP contribution in [0.4, 0.5) is 0 Å². The largest absolute Gasteiger partial charge is 0.503 e. The van der Waals surface area contributed by atoms with Gasteiger partial charge in [0.25, 0.3) is 5.91 Å². The van der Waals surface area contributed by atoms with Crippen LogP contribution in [-0.2, 0) is 4.79 Å². The number of para-hydroxylation sites is 2. The molecule has 1 aromatic heterocycles. The van der Waals surface area contributed by atoms with Crippen LogP contribution in [0, 0.1) is 0 Å². The van der Waals surface area contributed by atoms with Gasteiger partial charge in [-0.05, 0) is 32.3 Å². The van der Waals surface area contributed by atoms with Crippen LogP contribution in [0.1, 0.15) is 22.2 Å². The van der Waals surface area contributed by atoms with Crippen molar-refractivity contribution in [2.45, 2.75) is 6.04 Å². The Morgan fingerprint density at radius 3 is 2.55 bits per heavy atom. The number of Topliss-reactive ketones (excluding diaryl/α,β-unsaturated/α-hetero) is 1. The number of carbonyl (C=O) groups is 2. The van der Waals surface area contributed by atoms with Crippen molar-refractivity contribution in [3.05, 3.63) is 71.2 Å². The molecule has 8 heteroatoms. The lowest BCUT2D eigenvalue weighted by Gasteiger charge is -2.29. The maximum Gasteiger partial charge on any atom is 0.290 e. The Kier molecular flexibility index (Phi) is 6.11. The van der Waals surface area contributed by atoms with Gasteiger partial charge in [-0.2, -0.15) is 0 Å². The van der Waals surface area contributed by atoms with E-state index in [4.69, 9.17) is 13.9 Å². The fraction of sp³-hybridized carbons (Fsp3) is 0.280. The molecule has 4 rings (SSSR count). The maximum absolute atomic E-state index is 13.6. The highest BCUT2D eigenvalue weighted by Gasteiger charge is 2.45. The zero-order chi connectivity index (χ0) is 23.7. The first-order chi connectivity index (χ1) is 15.9. The van der Waals surface area contributed by atoms with E-state index in [1.807, 2.05) is 37.2 Å². The molecule has 2 aromatic carbocycles.